The maximum atomic E-state index is 10.1. The van der Waals surface area contributed by atoms with Gasteiger partial charge in [-0.25, -0.2) is 0 Å². The Morgan fingerprint density at radius 3 is 1.91 bits per heavy atom. The Bertz CT molecular complexity index is 378. The molecule has 2 aliphatic heterocycles. The molecule has 23 heavy (non-hydrogen) atoms. The predicted octanol–water partition coefficient (Wildman–Crippen LogP) is -4.33. The van der Waals surface area contributed by atoms with E-state index < -0.39 is 74.4 Å². The molecule has 0 aliphatic carbocycles. The molecule has 0 aromatic carbocycles. The van der Waals surface area contributed by atoms with Crippen LogP contribution in [0, 0.1) is 0 Å². The lowest BCUT2D eigenvalue weighted by Gasteiger charge is -2.45. The molecule has 0 bridgehead atoms. The normalized spacial score (nSPS) is 51.7. The fourth-order valence-corrected chi connectivity index (χ4v) is 2.78. The topological polar surface area (TPSA) is 169 Å². The molecule has 136 valence electrons. The van der Waals surface area contributed by atoms with Crippen molar-refractivity contribution in [3.8, 4) is 0 Å². The number of aliphatic hydroxyl groups is 7. The molecule has 0 aromatic rings. The summed E-state index contributed by atoms with van der Waals surface area (Å²) in [6, 6.07) is 0. The van der Waals surface area contributed by atoms with Crippen molar-refractivity contribution in [1.82, 2.24) is 0 Å². The summed E-state index contributed by atoms with van der Waals surface area (Å²) in [5.41, 5.74) is 0. The van der Waals surface area contributed by atoms with Gasteiger partial charge in [0, 0.05) is 0 Å². The molecule has 2 fully saturated rings. The van der Waals surface area contributed by atoms with E-state index in [2.05, 4.69) is 0 Å². The van der Waals surface area contributed by atoms with Gasteiger partial charge in [-0.3, -0.25) is 0 Å². The van der Waals surface area contributed by atoms with Crippen molar-refractivity contribution >= 4 is 0 Å². The average Bonchev–Trinajstić information content (AvgIpc) is 2.55. The highest BCUT2D eigenvalue weighted by Crippen LogP contribution is 2.28. The Labute approximate surface area is 132 Å². The molecule has 2 saturated heterocycles. The Hall–Kier alpha value is -0.400. The second-order valence-electron chi connectivity index (χ2n) is 5.84. The molecule has 7 N–H and O–H groups in total. The largest absolute Gasteiger partial charge is 0.394 e. The second-order valence-corrected chi connectivity index (χ2v) is 5.84. The molecule has 10 atom stereocenters. The maximum absolute atomic E-state index is 10.1. The standard InChI is InChI=1S/C13H24O10/c1-4-7(16)10(19)12(6(3-15)21-4)23-13-11(20)9(18)8(17)5(2-14)22-13/h4-20H,2-3H2,1H3. The van der Waals surface area contributed by atoms with Gasteiger partial charge in [-0.05, 0) is 6.92 Å². The van der Waals surface area contributed by atoms with E-state index in [4.69, 9.17) is 19.3 Å². The number of hydrogen-bond donors (Lipinski definition) is 7. The van der Waals surface area contributed by atoms with Gasteiger partial charge in [0.15, 0.2) is 6.29 Å². The fraction of sp³-hybridized carbons (Fsp3) is 1.00. The van der Waals surface area contributed by atoms with E-state index in [1.54, 1.807) is 0 Å². The van der Waals surface area contributed by atoms with E-state index in [-0.39, 0.29) is 0 Å². The van der Waals surface area contributed by atoms with Crippen LogP contribution in [0.3, 0.4) is 0 Å². The van der Waals surface area contributed by atoms with Crippen LogP contribution in [-0.2, 0) is 14.2 Å². The third-order valence-corrected chi connectivity index (χ3v) is 4.24. The summed E-state index contributed by atoms with van der Waals surface area (Å²) in [5, 5.41) is 67.8. The first-order chi connectivity index (χ1) is 10.8. The van der Waals surface area contributed by atoms with Crippen LogP contribution in [0.4, 0.5) is 0 Å². The number of ether oxygens (including phenoxy) is 3. The minimum atomic E-state index is -1.66. The van der Waals surface area contributed by atoms with Crippen molar-refractivity contribution in [2.45, 2.75) is 68.1 Å². The average molecular weight is 340 g/mol. The van der Waals surface area contributed by atoms with Crippen molar-refractivity contribution in [2.24, 2.45) is 0 Å². The summed E-state index contributed by atoms with van der Waals surface area (Å²) >= 11 is 0. The Morgan fingerprint density at radius 2 is 1.35 bits per heavy atom. The minimum Gasteiger partial charge on any atom is -0.394 e. The molecule has 0 radical (unpaired) electrons. The smallest absolute Gasteiger partial charge is 0.187 e. The van der Waals surface area contributed by atoms with Crippen LogP contribution in [0.5, 0.6) is 0 Å². The zero-order chi connectivity index (χ0) is 17.3. The first-order valence-electron chi connectivity index (χ1n) is 7.40. The lowest BCUT2D eigenvalue weighted by Crippen LogP contribution is -2.64. The van der Waals surface area contributed by atoms with Crippen LogP contribution >= 0.6 is 0 Å². The van der Waals surface area contributed by atoms with Gasteiger partial charge in [-0.1, -0.05) is 0 Å². The van der Waals surface area contributed by atoms with Crippen molar-refractivity contribution in [1.29, 1.82) is 0 Å². The van der Waals surface area contributed by atoms with Crippen LogP contribution in [0.15, 0.2) is 0 Å². The van der Waals surface area contributed by atoms with E-state index in [0.717, 1.165) is 0 Å². The van der Waals surface area contributed by atoms with Crippen LogP contribution in [0.1, 0.15) is 6.92 Å². The van der Waals surface area contributed by atoms with Crippen molar-refractivity contribution < 1.29 is 50.0 Å². The molecular weight excluding hydrogens is 316 g/mol. The maximum Gasteiger partial charge on any atom is 0.187 e. The lowest BCUT2D eigenvalue weighted by molar-refractivity contribution is -0.341. The Kier molecular flexibility index (Phi) is 6.30. The predicted molar refractivity (Wildman–Crippen MR) is 72.1 cm³/mol. The Balaban J connectivity index is 2.11. The van der Waals surface area contributed by atoms with E-state index >= 15 is 0 Å². The first-order valence-corrected chi connectivity index (χ1v) is 7.40. The van der Waals surface area contributed by atoms with Crippen LogP contribution in [0.2, 0.25) is 0 Å². The van der Waals surface area contributed by atoms with Crippen LogP contribution in [-0.4, -0.2) is 110 Å². The molecule has 10 heteroatoms. The van der Waals surface area contributed by atoms with E-state index in [1.165, 1.54) is 6.92 Å². The SMILES string of the molecule is CC1OC(CO)C(OC2OC(CO)C(O)C(O)C2O)C(O)C1O. The van der Waals surface area contributed by atoms with Gasteiger partial charge in [-0.15, -0.1) is 0 Å². The molecule has 2 heterocycles. The van der Waals surface area contributed by atoms with Gasteiger partial charge < -0.3 is 50.0 Å². The molecule has 0 spiro atoms. The summed E-state index contributed by atoms with van der Waals surface area (Å²) in [4.78, 5) is 0. The second kappa shape index (κ2) is 7.66. The molecule has 0 amide bonds. The fourth-order valence-electron chi connectivity index (χ4n) is 2.78. The minimum absolute atomic E-state index is 0.518. The molecule has 0 saturated carbocycles. The monoisotopic (exact) mass is 340 g/mol. The third-order valence-electron chi connectivity index (χ3n) is 4.24. The molecule has 10 unspecified atom stereocenters. The molecule has 0 aromatic heterocycles. The van der Waals surface area contributed by atoms with Gasteiger partial charge in [-0.2, -0.15) is 0 Å². The van der Waals surface area contributed by atoms with Gasteiger partial charge in [0.1, 0.15) is 48.8 Å². The summed E-state index contributed by atoms with van der Waals surface area (Å²) in [6.07, 6.45) is -13.2. The van der Waals surface area contributed by atoms with Crippen molar-refractivity contribution in [3.63, 3.8) is 0 Å². The highest BCUT2D eigenvalue weighted by atomic mass is 16.7. The highest BCUT2D eigenvalue weighted by Gasteiger charge is 2.49. The molecule has 2 aliphatic rings. The summed E-state index contributed by atoms with van der Waals surface area (Å²) in [5.74, 6) is 0. The number of aliphatic hydroxyl groups excluding tert-OH is 7. The third kappa shape index (κ3) is 3.66. The van der Waals surface area contributed by atoms with Gasteiger partial charge >= 0.3 is 0 Å². The van der Waals surface area contributed by atoms with Gasteiger partial charge in [0.2, 0.25) is 0 Å². The lowest BCUT2D eigenvalue weighted by atomic mass is 9.95. The molecule has 2 rings (SSSR count). The van der Waals surface area contributed by atoms with Crippen LogP contribution < -0.4 is 0 Å². The van der Waals surface area contributed by atoms with E-state index in [0.29, 0.717) is 0 Å². The summed E-state index contributed by atoms with van der Waals surface area (Å²) < 4.78 is 15.9. The van der Waals surface area contributed by atoms with E-state index in [1.807, 2.05) is 0 Å². The summed E-state index contributed by atoms with van der Waals surface area (Å²) in [7, 11) is 0. The summed E-state index contributed by atoms with van der Waals surface area (Å²) in [6.45, 7) is 0.369. The molecule has 10 nitrogen and oxygen atoms in total. The number of hydrogen-bond acceptors (Lipinski definition) is 10. The van der Waals surface area contributed by atoms with E-state index in [9.17, 15) is 30.6 Å². The van der Waals surface area contributed by atoms with Gasteiger partial charge in [0.25, 0.3) is 0 Å². The highest BCUT2D eigenvalue weighted by molar-refractivity contribution is 4.94. The van der Waals surface area contributed by atoms with Crippen molar-refractivity contribution in [3.05, 3.63) is 0 Å². The zero-order valence-electron chi connectivity index (χ0n) is 12.5. The Morgan fingerprint density at radius 1 is 0.739 bits per heavy atom. The number of rotatable bonds is 4. The van der Waals surface area contributed by atoms with Crippen molar-refractivity contribution in [2.75, 3.05) is 13.2 Å². The van der Waals surface area contributed by atoms with Gasteiger partial charge in [0.05, 0.1) is 19.3 Å². The first kappa shape index (κ1) is 18.9. The molecular formula is C13H24O10. The van der Waals surface area contributed by atoms with Crippen LogP contribution in [0.25, 0.3) is 0 Å². The zero-order valence-corrected chi connectivity index (χ0v) is 12.5. The quantitative estimate of drug-likeness (QED) is 0.265.